The third kappa shape index (κ3) is 1.97. The first kappa shape index (κ1) is 10.4. The number of aliphatic carboxylic acids is 1. The van der Waals surface area contributed by atoms with Gasteiger partial charge in [0.05, 0.1) is 11.5 Å². The van der Waals surface area contributed by atoms with E-state index in [1.807, 2.05) is 0 Å². The number of rotatable bonds is 3. The number of hydrogen-bond acceptors (Lipinski definition) is 3. The molecule has 0 radical (unpaired) electrons. The molecule has 1 aliphatic heterocycles. The summed E-state index contributed by atoms with van der Waals surface area (Å²) in [7, 11) is 0. The molecule has 5 heteroatoms. The van der Waals surface area contributed by atoms with Crippen molar-refractivity contribution in [3.8, 4) is 0 Å². The van der Waals surface area contributed by atoms with E-state index < -0.39 is 17.5 Å². The van der Waals surface area contributed by atoms with E-state index in [4.69, 9.17) is 5.11 Å². The Morgan fingerprint density at radius 3 is 2.60 bits per heavy atom. The molecule has 0 aromatic rings. The first-order chi connectivity index (χ1) is 7.00. The summed E-state index contributed by atoms with van der Waals surface area (Å²) in [5.41, 5.74) is -0.747. The number of amides is 1. The smallest absolute Gasteiger partial charge is 0.308 e. The minimum Gasteiger partial charge on any atom is -0.481 e. The zero-order chi connectivity index (χ0) is 11.1. The summed E-state index contributed by atoms with van der Waals surface area (Å²) < 4.78 is 0. The van der Waals surface area contributed by atoms with E-state index in [2.05, 4.69) is 0 Å². The number of likely N-dealkylation sites (tertiary alicyclic amines) is 1. The predicted octanol–water partition coefficient (Wildman–Crippen LogP) is -0.166. The Morgan fingerprint density at radius 2 is 2.20 bits per heavy atom. The van der Waals surface area contributed by atoms with Gasteiger partial charge in [-0.25, -0.2) is 0 Å². The summed E-state index contributed by atoms with van der Waals surface area (Å²) >= 11 is 0. The minimum atomic E-state index is -0.925. The van der Waals surface area contributed by atoms with Crippen LogP contribution < -0.4 is 0 Å². The lowest BCUT2D eigenvalue weighted by Gasteiger charge is -2.39. The second kappa shape index (κ2) is 3.48. The SMILES string of the molecule is O=C(O)C1CC(=O)N(CC2(O)CCC2)C1. The number of carboxylic acid groups (broad SMARTS) is 1. The average Bonchev–Trinajstić information content (AvgIpc) is 2.45. The Morgan fingerprint density at radius 1 is 1.53 bits per heavy atom. The van der Waals surface area contributed by atoms with Crippen molar-refractivity contribution in [1.82, 2.24) is 4.90 Å². The van der Waals surface area contributed by atoms with E-state index in [0.29, 0.717) is 19.4 Å². The van der Waals surface area contributed by atoms with Gasteiger partial charge in [0.15, 0.2) is 0 Å². The Kier molecular flexibility index (Phi) is 2.42. The minimum absolute atomic E-state index is 0.0748. The van der Waals surface area contributed by atoms with Crippen molar-refractivity contribution in [2.45, 2.75) is 31.3 Å². The lowest BCUT2D eigenvalue weighted by atomic mass is 9.80. The van der Waals surface area contributed by atoms with Gasteiger partial charge >= 0.3 is 5.97 Å². The predicted molar refractivity (Wildman–Crippen MR) is 51.1 cm³/mol. The molecule has 15 heavy (non-hydrogen) atoms. The van der Waals surface area contributed by atoms with Gasteiger partial charge in [0.25, 0.3) is 0 Å². The molecule has 1 amide bonds. The van der Waals surface area contributed by atoms with Crippen LogP contribution in [0.3, 0.4) is 0 Å². The van der Waals surface area contributed by atoms with Crippen LogP contribution in [0.2, 0.25) is 0 Å². The van der Waals surface area contributed by atoms with E-state index in [0.717, 1.165) is 6.42 Å². The van der Waals surface area contributed by atoms with E-state index in [1.165, 1.54) is 4.90 Å². The van der Waals surface area contributed by atoms with Crippen LogP contribution >= 0.6 is 0 Å². The highest BCUT2D eigenvalue weighted by molar-refractivity contribution is 5.86. The Balaban J connectivity index is 1.93. The van der Waals surface area contributed by atoms with Crippen LogP contribution in [-0.2, 0) is 9.59 Å². The van der Waals surface area contributed by atoms with Gasteiger partial charge in [-0.1, -0.05) is 0 Å². The van der Waals surface area contributed by atoms with Crippen molar-refractivity contribution >= 4 is 11.9 Å². The topological polar surface area (TPSA) is 77.8 Å². The van der Waals surface area contributed by atoms with Gasteiger partial charge in [-0.15, -0.1) is 0 Å². The van der Waals surface area contributed by atoms with Gasteiger partial charge in [0, 0.05) is 19.5 Å². The number of carbonyl (C=O) groups is 2. The molecule has 1 saturated heterocycles. The zero-order valence-corrected chi connectivity index (χ0v) is 8.48. The van der Waals surface area contributed by atoms with Crippen LogP contribution in [0.5, 0.6) is 0 Å². The van der Waals surface area contributed by atoms with Crippen molar-refractivity contribution in [2.24, 2.45) is 5.92 Å². The zero-order valence-electron chi connectivity index (χ0n) is 8.48. The highest BCUT2D eigenvalue weighted by atomic mass is 16.4. The van der Waals surface area contributed by atoms with Crippen molar-refractivity contribution in [2.75, 3.05) is 13.1 Å². The van der Waals surface area contributed by atoms with Crippen LogP contribution in [0, 0.1) is 5.92 Å². The Labute approximate surface area is 87.7 Å². The van der Waals surface area contributed by atoms with E-state index in [-0.39, 0.29) is 18.9 Å². The maximum Gasteiger partial charge on any atom is 0.308 e. The van der Waals surface area contributed by atoms with E-state index >= 15 is 0 Å². The van der Waals surface area contributed by atoms with Crippen molar-refractivity contribution in [1.29, 1.82) is 0 Å². The van der Waals surface area contributed by atoms with Gasteiger partial charge in [0.2, 0.25) is 5.91 Å². The molecule has 0 aromatic carbocycles. The Hall–Kier alpha value is -1.10. The van der Waals surface area contributed by atoms with Crippen LogP contribution in [0.4, 0.5) is 0 Å². The molecule has 1 heterocycles. The molecule has 1 atom stereocenters. The molecule has 1 unspecified atom stereocenters. The number of β-amino-alcohol motifs (C(OH)–C–C–N with tert-alkyl or cyclic N) is 1. The van der Waals surface area contributed by atoms with Crippen molar-refractivity contribution in [3.63, 3.8) is 0 Å². The molecule has 0 aromatic heterocycles. The fourth-order valence-electron chi connectivity index (χ4n) is 2.19. The molecule has 1 saturated carbocycles. The molecular weight excluding hydrogens is 198 g/mol. The molecular formula is C10H15NO4. The summed E-state index contributed by atoms with van der Waals surface area (Å²) in [6.45, 7) is 0.548. The fourth-order valence-corrected chi connectivity index (χ4v) is 2.19. The summed E-state index contributed by atoms with van der Waals surface area (Å²) in [6, 6.07) is 0. The lowest BCUT2D eigenvalue weighted by molar-refractivity contribution is -0.141. The van der Waals surface area contributed by atoms with Gasteiger partial charge < -0.3 is 15.1 Å². The molecule has 84 valence electrons. The van der Waals surface area contributed by atoms with Gasteiger partial charge in [-0.3, -0.25) is 9.59 Å². The van der Waals surface area contributed by atoms with Gasteiger partial charge in [0.1, 0.15) is 0 Å². The van der Waals surface area contributed by atoms with Crippen LogP contribution in [0.1, 0.15) is 25.7 Å². The molecule has 2 fully saturated rings. The lowest BCUT2D eigenvalue weighted by Crippen LogP contribution is -2.48. The van der Waals surface area contributed by atoms with Crippen LogP contribution in [0.25, 0.3) is 0 Å². The molecule has 2 N–H and O–H groups in total. The van der Waals surface area contributed by atoms with Gasteiger partial charge in [-0.2, -0.15) is 0 Å². The third-order valence-corrected chi connectivity index (χ3v) is 3.33. The molecule has 0 spiro atoms. The monoisotopic (exact) mass is 213 g/mol. The first-order valence-electron chi connectivity index (χ1n) is 5.23. The van der Waals surface area contributed by atoms with Crippen molar-refractivity contribution < 1.29 is 19.8 Å². The number of carboxylic acids is 1. The quantitative estimate of drug-likeness (QED) is 0.682. The Bertz CT molecular complexity index is 298. The maximum atomic E-state index is 11.5. The first-order valence-corrected chi connectivity index (χ1v) is 5.23. The summed E-state index contributed by atoms with van der Waals surface area (Å²) in [6.07, 6.45) is 2.50. The normalized spacial score (nSPS) is 29.0. The largest absolute Gasteiger partial charge is 0.481 e. The maximum absolute atomic E-state index is 11.5. The fraction of sp³-hybridized carbons (Fsp3) is 0.800. The number of aliphatic hydroxyl groups is 1. The highest BCUT2D eigenvalue weighted by Gasteiger charge is 2.41. The molecule has 2 aliphatic rings. The summed E-state index contributed by atoms with van der Waals surface area (Å²) in [4.78, 5) is 23.6. The molecule has 5 nitrogen and oxygen atoms in total. The average molecular weight is 213 g/mol. The third-order valence-electron chi connectivity index (χ3n) is 3.33. The van der Waals surface area contributed by atoms with Crippen LogP contribution in [-0.4, -0.2) is 45.7 Å². The number of hydrogen-bond donors (Lipinski definition) is 2. The standard InChI is InChI=1S/C10H15NO4/c12-8-4-7(9(13)14)5-11(8)6-10(15)2-1-3-10/h7,15H,1-6H2,(H,13,14). The van der Waals surface area contributed by atoms with Gasteiger partial charge in [-0.05, 0) is 19.3 Å². The molecule has 0 bridgehead atoms. The summed E-state index contributed by atoms with van der Waals surface area (Å²) in [5.74, 6) is -1.67. The molecule has 2 rings (SSSR count). The highest BCUT2D eigenvalue weighted by Crippen LogP contribution is 2.33. The molecule has 1 aliphatic carbocycles. The number of nitrogens with zero attached hydrogens (tertiary/aromatic N) is 1. The van der Waals surface area contributed by atoms with E-state index in [9.17, 15) is 14.7 Å². The van der Waals surface area contributed by atoms with Crippen molar-refractivity contribution in [3.05, 3.63) is 0 Å². The number of carbonyl (C=O) groups excluding carboxylic acids is 1. The second-order valence-corrected chi connectivity index (χ2v) is 4.59. The second-order valence-electron chi connectivity index (χ2n) is 4.59. The van der Waals surface area contributed by atoms with E-state index in [1.54, 1.807) is 0 Å². The van der Waals surface area contributed by atoms with Crippen LogP contribution in [0.15, 0.2) is 0 Å². The summed E-state index contributed by atoms with van der Waals surface area (Å²) in [5, 5.41) is 18.6.